The minimum Gasteiger partial charge on any atom is -0.497 e. The van der Waals surface area contributed by atoms with Gasteiger partial charge in [-0.2, -0.15) is 0 Å². The second-order valence-electron chi connectivity index (χ2n) is 10.9. The molecule has 0 aliphatic carbocycles. The van der Waals surface area contributed by atoms with Crippen LogP contribution < -0.4 is 14.5 Å². The molecule has 7 nitrogen and oxygen atoms in total. The molecule has 0 atom stereocenters. The van der Waals surface area contributed by atoms with Crippen molar-refractivity contribution in [2.45, 2.75) is 32.5 Å². The summed E-state index contributed by atoms with van der Waals surface area (Å²) in [6.07, 6.45) is 2.58. The molecule has 2 heterocycles. The fourth-order valence-electron chi connectivity index (χ4n) is 5.51. The summed E-state index contributed by atoms with van der Waals surface area (Å²) in [5.74, 6) is 0.881. The van der Waals surface area contributed by atoms with E-state index in [0.717, 1.165) is 76.9 Å². The van der Waals surface area contributed by atoms with Crippen LogP contribution in [0.15, 0.2) is 72.8 Å². The molecular weight excluding hydrogens is 514 g/mol. The fourth-order valence-corrected chi connectivity index (χ4v) is 5.51. The minimum atomic E-state index is 0.568. The van der Waals surface area contributed by atoms with Crippen LogP contribution in [0.4, 0.5) is 11.4 Å². The highest BCUT2D eigenvalue weighted by molar-refractivity contribution is 5.52. The lowest BCUT2D eigenvalue weighted by molar-refractivity contribution is 0.00585. The molecule has 0 radical (unpaired) electrons. The van der Waals surface area contributed by atoms with Crippen molar-refractivity contribution in [3.8, 4) is 5.75 Å². The molecule has 3 aromatic carbocycles. The summed E-state index contributed by atoms with van der Waals surface area (Å²) in [5, 5.41) is 0. The van der Waals surface area contributed by atoms with Crippen molar-refractivity contribution >= 4 is 11.4 Å². The molecule has 0 bridgehead atoms. The maximum atomic E-state index is 5.98. The normalized spacial score (nSPS) is 15.8. The number of rotatable bonds is 15. The Hall–Kier alpha value is -3.10. The van der Waals surface area contributed by atoms with Crippen molar-refractivity contribution in [2.24, 2.45) is 0 Å². The molecule has 5 rings (SSSR count). The van der Waals surface area contributed by atoms with Gasteiger partial charge in [-0.3, -0.25) is 4.90 Å². The molecule has 2 aliphatic heterocycles. The Morgan fingerprint density at radius 2 is 1.46 bits per heavy atom. The van der Waals surface area contributed by atoms with Gasteiger partial charge in [-0.1, -0.05) is 36.4 Å². The van der Waals surface area contributed by atoms with Gasteiger partial charge in [0.15, 0.2) is 0 Å². The average molecular weight is 560 g/mol. The van der Waals surface area contributed by atoms with Crippen LogP contribution in [0.25, 0.3) is 0 Å². The van der Waals surface area contributed by atoms with Crippen molar-refractivity contribution in [3.63, 3.8) is 0 Å². The lowest BCUT2D eigenvalue weighted by Crippen LogP contribution is -2.38. The lowest BCUT2D eigenvalue weighted by atomic mass is 10.1. The predicted molar refractivity (Wildman–Crippen MR) is 165 cm³/mol. The summed E-state index contributed by atoms with van der Waals surface area (Å²) in [4.78, 5) is 7.30. The summed E-state index contributed by atoms with van der Waals surface area (Å²) in [6, 6.07) is 26.1. The Kier molecular flexibility index (Phi) is 11.3. The third-order valence-electron chi connectivity index (χ3n) is 7.86. The van der Waals surface area contributed by atoms with Crippen LogP contribution in [-0.2, 0) is 33.9 Å². The quantitative estimate of drug-likeness (QED) is 0.232. The molecule has 2 aliphatic rings. The molecule has 220 valence electrons. The average Bonchev–Trinajstić information content (AvgIpc) is 3.57. The standard InChI is InChI=1S/C34H45N3O4/c1-38-34-9-5-6-30(25-34)27-37(26-29-10-12-32(13-11-29)36-14-2-3-15-36)33-8-4-7-31(24-33)28-41-23-22-40-21-18-35-16-19-39-20-17-35/h4-13,24-25H,2-3,14-23,26-28H2,1H3. The van der Waals surface area contributed by atoms with Gasteiger partial charge in [0, 0.05) is 57.2 Å². The number of ether oxygens (including phenoxy) is 4. The third kappa shape index (κ3) is 9.20. The highest BCUT2D eigenvalue weighted by Crippen LogP contribution is 2.25. The highest BCUT2D eigenvalue weighted by atomic mass is 16.5. The lowest BCUT2D eigenvalue weighted by Gasteiger charge is -2.26. The Balaban J connectivity index is 1.18. The van der Waals surface area contributed by atoms with Gasteiger partial charge >= 0.3 is 0 Å². The molecule has 0 N–H and O–H groups in total. The highest BCUT2D eigenvalue weighted by Gasteiger charge is 2.14. The van der Waals surface area contributed by atoms with Crippen LogP contribution in [0, 0.1) is 0 Å². The maximum absolute atomic E-state index is 5.98. The second-order valence-corrected chi connectivity index (χ2v) is 10.9. The molecule has 7 heteroatoms. The summed E-state index contributed by atoms with van der Waals surface area (Å²) >= 11 is 0. The molecule has 2 saturated heterocycles. The Bertz CT molecular complexity index is 1180. The second kappa shape index (κ2) is 15.8. The van der Waals surface area contributed by atoms with Gasteiger partial charge in [-0.25, -0.2) is 0 Å². The number of morpholine rings is 1. The predicted octanol–water partition coefficient (Wildman–Crippen LogP) is 5.37. The first-order chi connectivity index (χ1) is 20.3. The van der Waals surface area contributed by atoms with E-state index in [9.17, 15) is 0 Å². The zero-order chi connectivity index (χ0) is 28.1. The summed E-state index contributed by atoms with van der Waals surface area (Å²) < 4.78 is 22.7. The first kappa shape index (κ1) is 29.4. The van der Waals surface area contributed by atoms with Gasteiger partial charge in [0.2, 0.25) is 0 Å². The van der Waals surface area contributed by atoms with Gasteiger partial charge < -0.3 is 28.7 Å². The monoisotopic (exact) mass is 559 g/mol. The number of benzene rings is 3. The van der Waals surface area contributed by atoms with Gasteiger partial charge in [-0.05, 0) is 65.9 Å². The van der Waals surface area contributed by atoms with Crippen LogP contribution in [0.1, 0.15) is 29.5 Å². The topological polar surface area (TPSA) is 46.6 Å². The van der Waals surface area contributed by atoms with E-state index in [1.807, 2.05) is 6.07 Å². The van der Waals surface area contributed by atoms with E-state index in [-0.39, 0.29) is 0 Å². The van der Waals surface area contributed by atoms with Crippen LogP contribution >= 0.6 is 0 Å². The Morgan fingerprint density at radius 3 is 2.27 bits per heavy atom. The molecular formula is C34H45N3O4. The molecule has 3 aromatic rings. The SMILES string of the molecule is COc1cccc(CN(Cc2ccc(N3CCCC3)cc2)c2cccc(COCCOCCN3CCOCC3)c2)c1. The van der Waals surface area contributed by atoms with Crippen LogP contribution in [0.2, 0.25) is 0 Å². The van der Waals surface area contributed by atoms with E-state index in [2.05, 4.69) is 81.4 Å². The summed E-state index contributed by atoms with van der Waals surface area (Å²) in [7, 11) is 1.72. The first-order valence-electron chi connectivity index (χ1n) is 15.0. The molecule has 0 aromatic heterocycles. The maximum Gasteiger partial charge on any atom is 0.119 e. The first-order valence-corrected chi connectivity index (χ1v) is 15.0. The minimum absolute atomic E-state index is 0.568. The molecule has 0 amide bonds. The smallest absolute Gasteiger partial charge is 0.119 e. The third-order valence-corrected chi connectivity index (χ3v) is 7.86. The van der Waals surface area contributed by atoms with E-state index in [0.29, 0.717) is 19.8 Å². The fraction of sp³-hybridized carbons (Fsp3) is 0.471. The van der Waals surface area contributed by atoms with E-state index in [4.69, 9.17) is 18.9 Å². The zero-order valence-electron chi connectivity index (χ0n) is 24.5. The van der Waals surface area contributed by atoms with Crippen LogP contribution in [0.5, 0.6) is 5.75 Å². The number of methoxy groups -OCH3 is 1. The number of nitrogens with zero attached hydrogens (tertiary/aromatic N) is 3. The summed E-state index contributed by atoms with van der Waals surface area (Å²) in [5.41, 5.74) is 6.19. The van der Waals surface area contributed by atoms with Crippen LogP contribution in [-0.4, -0.2) is 77.8 Å². The largest absolute Gasteiger partial charge is 0.497 e. The van der Waals surface area contributed by atoms with Gasteiger partial charge in [0.25, 0.3) is 0 Å². The molecule has 0 saturated carbocycles. The van der Waals surface area contributed by atoms with E-state index >= 15 is 0 Å². The Labute approximate surface area is 245 Å². The van der Waals surface area contributed by atoms with E-state index < -0.39 is 0 Å². The molecule has 0 unspecified atom stereocenters. The molecule has 0 spiro atoms. The van der Waals surface area contributed by atoms with Crippen molar-refractivity contribution in [1.29, 1.82) is 0 Å². The molecule has 41 heavy (non-hydrogen) atoms. The van der Waals surface area contributed by atoms with Gasteiger partial charge in [-0.15, -0.1) is 0 Å². The number of anilines is 2. The van der Waals surface area contributed by atoms with E-state index in [1.165, 1.54) is 35.3 Å². The summed E-state index contributed by atoms with van der Waals surface area (Å²) in [6.45, 7) is 11.0. The number of hydrogen-bond donors (Lipinski definition) is 0. The van der Waals surface area contributed by atoms with Gasteiger partial charge in [0.05, 0.1) is 46.8 Å². The van der Waals surface area contributed by atoms with Gasteiger partial charge in [0.1, 0.15) is 5.75 Å². The number of hydrogen-bond acceptors (Lipinski definition) is 7. The zero-order valence-corrected chi connectivity index (χ0v) is 24.5. The van der Waals surface area contributed by atoms with Crippen molar-refractivity contribution in [3.05, 3.63) is 89.5 Å². The van der Waals surface area contributed by atoms with Crippen molar-refractivity contribution < 1.29 is 18.9 Å². The molecule has 2 fully saturated rings. The van der Waals surface area contributed by atoms with Crippen molar-refractivity contribution in [1.82, 2.24) is 4.90 Å². The van der Waals surface area contributed by atoms with E-state index in [1.54, 1.807) is 7.11 Å². The van der Waals surface area contributed by atoms with Crippen molar-refractivity contribution in [2.75, 3.05) is 82.7 Å². The van der Waals surface area contributed by atoms with Crippen LogP contribution in [0.3, 0.4) is 0 Å². The Morgan fingerprint density at radius 1 is 0.732 bits per heavy atom.